The van der Waals surface area contributed by atoms with Gasteiger partial charge in [-0.2, -0.15) is 5.10 Å². The highest BCUT2D eigenvalue weighted by Gasteiger charge is 2.08. The van der Waals surface area contributed by atoms with Gasteiger partial charge in [-0.3, -0.25) is 9.48 Å². The number of aromatic nitrogens is 2. The summed E-state index contributed by atoms with van der Waals surface area (Å²) in [4.78, 5) is 11.9. The Kier molecular flexibility index (Phi) is 4.93. The Balaban J connectivity index is 2.12. The highest BCUT2D eigenvalue weighted by Crippen LogP contribution is 2.23. The maximum Gasteiger partial charge on any atom is 0.248 e. The average molecular weight is 345 g/mol. The zero-order valence-electron chi connectivity index (χ0n) is 11.3. The summed E-state index contributed by atoms with van der Waals surface area (Å²) < 4.78 is 1.55. The van der Waals surface area contributed by atoms with Crippen molar-refractivity contribution in [1.82, 2.24) is 9.78 Å². The number of rotatable bonds is 3. The van der Waals surface area contributed by atoms with Crippen LogP contribution in [0.4, 0.5) is 5.69 Å². The highest BCUT2D eigenvalue weighted by atomic mass is 35.5. The summed E-state index contributed by atoms with van der Waals surface area (Å²) in [6.07, 6.45) is 3.00. The predicted octanol–water partition coefficient (Wildman–Crippen LogP) is 4.34. The lowest BCUT2D eigenvalue weighted by Gasteiger charge is -2.03. The van der Waals surface area contributed by atoms with Crippen LogP contribution in [0.5, 0.6) is 0 Å². The molecule has 2 aromatic rings. The van der Waals surface area contributed by atoms with Gasteiger partial charge in [0.05, 0.1) is 5.69 Å². The summed E-state index contributed by atoms with van der Waals surface area (Å²) in [6.45, 7) is 1.82. The first-order valence-electron chi connectivity index (χ1n) is 6.01. The molecule has 2 rings (SSSR count). The van der Waals surface area contributed by atoms with Gasteiger partial charge in [0.1, 0.15) is 5.15 Å². The van der Waals surface area contributed by atoms with Crippen molar-refractivity contribution in [2.75, 3.05) is 5.32 Å². The third-order valence-electron chi connectivity index (χ3n) is 2.73. The number of anilines is 1. The first-order valence-corrected chi connectivity index (χ1v) is 7.14. The number of hydrogen-bond acceptors (Lipinski definition) is 2. The SMILES string of the molecule is Cc1nn(C)c(Cl)c1/C=C/C(=O)Nc1cc(Cl)cc(Cl)c1. The Labute approximate surface area is 137 Å². The molecule has 21 heavy (non-hydrogen) atoms. The zero-order valence-corrected chi connectivity index (χ0v) is 13.6. The maximum absolute atomic E-state index is 11.9. The van der Waals surface area contributed by atoms with Crippen LogP contribution in [0.25, 0.3) is 6.08 Å². The number of amides is 1. The number of carbonyl (C=O) groups is 1. The Morgan fingerprint density at radius 2 is 1.86 bits per heavy atom. The molecule has 4 nitrogen and oxygen atoms in total. The fraction of sp³-hybridized carbons (Fsp3) is 0.143. The van der Waals surface area contributed by atoms with Crippen LogP contribution in [-0.4, -0.2) is 15.7 Å². The molecule has 0 atom stereocenters. The summed E-state index contributed by atoms with van der Waals surface area (Å²) in [5.41, 5.74) is 1.98. The number of benzene rings is 1. The molecule has 110 valence electrons. The fourth-order valence-corrected chi connectivity index (χ4v) is 2.57. The van der Waals surface area contributed by atoms with Crippen LogP contribution in [0.15, 0.2) is 24.3 Å². The van der Waals surface area contributed by atoms with Crippen LogP contribution in [0.2, 0.25) is 15.2 Å². The van der Waals surface area contributed by atoms with Gasteiger partial charge in [0.2, 0.25) is 5.91 Å². The number of nitrogens with zero attached hydrogens (tertiary/aromatic N) is 2. The van der Waals surface area contributed by atoms with E-state index in [9.17, 15) is 4.79 Å². The molecule has 1 aromatic carbocycles. The van der Waals surface area contributed by atoms with E-state index in [2.05, 4.69) is 10.4 Å². The van der Waals surface area contributed by atoms with Crippen LogP contribution in [0.3, 0.4) is 0 Å². The van der Waals surface area contributed by atoms with Gasteiger partial charge >= 0.3 is 0 Å². The number of aryl methyl sites for hydroxylation is 2. The fourth-order valence-electron chi connectivity index (χ4n) is 1.80. The number of nitrogens with one attached hydrogen (secondary N) is 1. The molecule has 1 heterocycles. The standard InChI is InChI=1S/C14H12Cl3N3O/c1-8-12(14(17)20(2)19-8)3-4-13(21)18-11-6-9(15)5-10(16)7-11/h3-7H,1-2H3,(H,18,21)/b4-3+. The molecule has 0 radical (unpaired) electrons. The highest BCUT2D eigenvalue weighted by molar-refractivity contribution is 6.35. The van der Waals surface area contributed by atoms with E-state index in [1.807, 2.05) is 6.92 Å². The summed E-state index contributed by atoms with van der Waals surface area (Å²) in [5.74, 6) is -0.312. The number of carbonyl (C=O) groups excluding carboxylic acids is 1. The van der Waals surface area contributed by atoms with E-state index in [1.54, 1.807) is 36.0 Å². The minimum Gasteiger partial charge on any atom is -0.322 e. The molecule has 0 bridgehead atoms. The molecule has 1 N–H and O–H groups in total. The summed E-state index contributed by atoms with van der Waals surface area (Å²) in [7, 11) is 1.74. The van der Waals surface area contributed by atoms with Crippen molar-refractivity contribution in [2.24, 2.45) is 7.05 Å². The summed E-state index contributed by atoms with van der Waals surface area (Å²) >= 11 is 17.8. The van der Waals surface area contributed by atoms with Gasteiger partial charge in [0, 0.05) is 34.4 Å². The van der Waals surface area contributed by atoms with Crippen molar-refractivity contribution in [3.63, 3.8) is 0 Å². The first kappa shape index (κ1) is 15.9. The van der Waals surface area contributed by atoms with Crippen molar-refractivity contribution < 1.29 is 4.79 Å². The third kappa shape index (κ3) is 4.00. The van der Waals surface area contributed by atoms with Crippen LogP contribution in [0, 0.1) is 6.92 Å². The lowest BCUT2D eigenvalue weighted by Crippen LogP contribution is -2.07. The molecule has 0 saturated carbocycles. The van der Waals surface area contributed by atoms with E-state index in [0.717, 1.165) is 5.69 Å². The van der Waals surface area contributed by atoms with Crippen LogP contribution >= 0.6 is 34.8 Å². The molecule has 1 aromatic heterocycles. The summed E-state index contributed by atoms with van der Waals surface area (Å²) in [5, 5.41) is 8.22. The molecular weight excluding hydrogens is 333 g/mol. The number of hydrogen-bond donors (Lipinski definition) is 1. The van der Waals surface area contributed by atoms with E-state index in [4.69, 9.17) is 34.8 Å². The molecule has 1 amide bonds. The van der Waals surface area contributed by atoms with E-state index < -0.39 is 0 Å². The molecule has 0 aliphatic heterocycles. The topological polar surface area (TPSA) is 46.9 Å². The summed E-state index contributed by atoms with van der Waals surface area (Å²) in [6, 6.07) is 4.82. The predicted molar refractivity (Wildman–Crippen MR) is 87.1 cm³/mol. The van der Waals surface area contributed by atoms with Gasteiger partial charge in [-0.25, -0.2) is 0 Å². The van der Waals surface area contributed by atoms with Crippen LogP contribution < -0.4 is 5.32 Å². The lowest BCUT2D eigenvalue weighted by molar-refractivity contribution is -0.111. The van der Waals surface area contributed by atoms with Crippen LogP contribution in [0.1, 0.15) is 11.3 Å². The second-order valence-electron chi connectivity index (χ2n) is 4.39. The van der Waals surface area contributed by atoms with Gasteiger partial charge in [0.25, 0.3) is 0 Å². The normalized spacial score (nSPS) is 11.1. The van der Waals surface area contributed by atoms with E-state index in [-0.39, 0.29) is 5.91 Å². The van der Waals surface area contributed by atoms with E-state index in [1.165, 1.54) is 6.08 Å². The molecule has 0 spiro atoms. The van der Waals surface area contributed by atoms with Gasteiger partial charge in [-0.1, -0.05) is 34.8 Å². The first-order chi connectivity index (χ1) is 9.86. The second kappa shape index (κ2) is 6.52. The number of halogens is 3. The quantitative estimate of drug-likeness (QED) is 0.842. The van der Waals surface area contributed by atoms with Gasteiger partial charge in [0.15, 0.2) is 0 Å². The Morgan fingerprint density at radius 1 is 1.24 bits per heavy atom. The van der Waals surface area contributed by atoms with Crippen molar-refractivity contribution in [1.29, 1.82) is 0 Å². The molecule has 0 fully saturated rings. The molecule has 0 unspecified atom stereocenters. The van der Waals surface area contributed by atoms with Gasteiger partial charge < -0.3 is 5.32 Å². The maximum atomic E-state index is 11.9. The van der Waals surface area contributed by atoms with Crippen molar-refractivity contribution in [3.8, 4) is 0 Å². The van der Waals surface area contributed by atoms with Crippen molar-refractivity contribution >= 4 is 52.5 Å². The minimum atomic E-state index is -0.312. The molecule has 0 saturated heterocycles. The Morgan fingerprint density at radius 3 is 2.38 bits per heavy atom. The third-order valence-corrected chi connectivity index (χ3v) is 3.61. The lowest BCUT2D eigenvalue weighted by atomic mass is 10.2. The van der Waals surface area contributed by atoms with Gasteiger partial charge in [-0.15, -0.1) is 0 Å². The minimum absolute atomic E-state index is 0.312. The van der Waals surface area contributed by atoms with Gasteiger partial charge in [-0.05, 0) is 31.2 Å². The molecule has 7 heteroatoms. The molecule has 0 aliphatic rings. The van der Waals surface area contributed by atoms with Crippen molar-refractivity contribution in [3.05, 3.63) is 50.7 Å². The monoisotopic (exact) mass is 343 g/mol. The van der Waals surface area contributed by atoms with E-state index >= 15 is 0 Å². The van der Waals surface area contributed by atoms with Crippen LogP contribution in [-0.2, 0) is 11.8 Å². The Bertz CT molecular complexity index is 702. The van der Waals surface area contributed by atoms with E-state index in [0.29, 0.717) is 26.4 Å². The zero-order chi connectivity index (χ0) is 15.6. The average Bonchev–Trinajstić information content (AvgIpc) is 2.60. The smallest absolute Gasteiger partial charge is 0.248 e. The largest absolute Gasteiger partial charge is 0.322 e. The molecule has 0 aliphatic carbocycles. The Hall–Kier alpha value is -1.49. The second-order valence-corrected chi connectivity index (χ2v) is 5.63. The van der Waals surface area contributed by atoms with Crippen molar-refractivity contribution in [2.45, 2.75) is 6.92 Å². The molecular formula is C14H12Cl3N3O.